The lowest BCUT2D eigenvalue weighted by Crippen LogP contribution is -2.09. The molecule has 1 aliphatic heterocycles. The molecule has 0 aliphatic carbocycles. The van der Waals surface area contributed by atoms with Gasteiger partial charge < -0.3 is 9.52 Å². The van der Waals surface area contributed by atoms with Crippen LogP contribution in [0.4, 0.5) is 4.39 Å². The van der Waals surface area contributed by atoms with E-state index in [9.17, 15) is 17.9 Å². The highest BCUT2D eigenvalue weighted by molar-refractivity contribution is 7.91. The average Bonchev–Trinajstić information content (AvgIpc) is 2.92. The zero-order valence-corrected chi connectivity index (χ0v) is 11.6. The maximum Gasteiger partial charge on any atom is 0.150 e. The lowest BCUT2D eigenvalue weighted by atomic mass is 10.00. The van der Waals surface area contributed by atoms with Gasteiger partial charge in [-0.3, -0.25) is 0 Å². The minimum atomic E-state index is -2.94. The molecule has 1 fully saturated rings. The normalized spacial score (nSPS) is 23.2. The predicted octanol–water partition coefficient (Wildman–Crippen LogP) is 2.43. The minimum Gasteiger partial charge on any atom is -0.458 e. The second kappa shape index (κ2) is 4.86. The van der Waals surface area contributed by atoms with E-state index in [2.05, 4.69) is 0 Å². The van der Waals surface area contributed by atoms with Gasteiger partial charge >= 0.3 is 0 Å². The summed E-state index contributed by atoms with van der Waals surface area (Å²) < 4.78 is 41.4. The number of halogens is 1. The second-order valence-electron chi connectivity index (χ2n) is 5.35. The molecule has 2 heterocycles. The molecule has 1 aromatic carbocycles. The molecule has 0 radical (unpaired) electrons. The van der Waals surface area contributed by atoms with Crippen LogP contribution in [-0.4, -0.2) is 25.0 Å². The van der Waals surface area contributed by atoms with E-state index in [1.54, 1.807) is 6.07 Å². The minimum absolute atomic E-state index is 0.0417. The number of sulfone groups is 1. The van der Waals surface area contributed by atoms with E-state index < -0.39 is 15.9 Å². The number of aliphatic hydroxyl groups excluding tert-OH is 1. The van der Waals surface area contributed by atoms with Gasteiger partial charge in [0.05, 0.1) is 11.5 Å². The van der Waals surface area contributed by atoms with Crippen LogP contribution in [0.25, 0.3) is 11.0 Å². The largest absolute Gasteiger partial charge is 0.458 e. The van der Waals surface area contributed by atoms with Gasteiger partial charge in [-0.1, -0.05) is 0 Å². The van der Waals surface area contributed by atoms with E-state index in [-0.39, 0.29) is 23.2 Å². The van der Waals surface area contributed by atoms with Gasteiger partial charge in [0.1, 0.15) is 23.3 Å². The summed E-state index contributed by atoms with van der Waals surface area (Å²) in [4.78, 5) is 0. The fourth-order valence-corrected chi connectivity index (χ4v) is 4.57. The Morgan fingerprint density at radius 2 is 2.20 bits per heavy atom. The maximum atomic E-state index is 13.1. The molecule has 0 bridgehead atoms. The van der Waals surface area contributed by atoms with E-state index in [0.717, 1.165) is 0 Å². The fourth-order valence-electron chi connectivity index (χ4n) is 2.69. The Morgan fingerprint density at radius 3 is 2.90 bits per heavy atom. The molecule has 1 aliphatic rings. The molecule has 1 N–H and O–H groups in total. The molecule has 2 aromatic rings. The van der Waals surface area contributed by atoms with Crippen molar-refractivity contribution >= 4 is 20.8 Å². The first kappa shape index (κ1) is 13.6. The van der Waals surface area contributed by atoms with Gasteiger partial charge in [-0.15, -0.1) is 0 Å². The number of hydrogen-bond donors (Lipinski definition) is 1. The van der Waals surface area contributed by atoms with Gasteiger partial charge in [0.15, 0.2) is 9.84 Å². The second-order valence-corrected chi connectivity index (χ2v) is 7.58. The molecule has 0 spiro atoms. The third kappa shape index (κ3) is 2.71. The van der Waals surface area contributed by atoms with Gasteiger partial charge in [-0.25, -0.2) is 12.8 Å². The van der Waals surface area contributed by atoms with E-state index in [1.165, 1.54) is 18.2 Å². The van der Waals surface area contributed by atoms with E-state index >= 15 is 0 Å². The van der Waals surface area contributed by atoms with E-state index in [4.69, 9.17) is 4.42 Å². The van der Waals surface area contributed by atoms with Crippen LogP contribution in [0.15, 0.2) is 28.7 Å². The highest BCUT2D eigenvalue weighted by atomic mass is 32.2. The quantitative estimate of drug-likeness (QED) is 0.945. The van der Waals surface area contributed by atoms with Crippen molar-refractivity contribution in [3.8, 4) is 0 Å². The van der Waals surface area contributed by atoms with Gasteiger partial charge in [0.2, 0.25) is 0 Å². The van der Waals surface area contributed by atoms with Crippen LogP contribution in [0.5, 0.6) is 0 Å². The lowest BCUT2D eigenvalue weighted by Gasteiger charge is -2.11. The number of benzene rings is 1. The first-order valence-electron chi connectivity index (χ1n) is 6.50. The van der Waals surface area contributed by atoms with Crippen molar-refractivity contribution < 1.29 is 22.3 Å². The van der Waals surface area contributed by atoms with Crippen LogP contribution < -0.4 is 0 Å². The molecule has 2 atom stereocenters. The van der Waals surface area contributed by atoms with Crippen molar-refractivity contribution in [2.24, 2.45) is 5.92 Å². The highest BCUT2D eigenvalue weighted by Crippen LogP contribution is 2.31. The van der Waals surface area contributed by atoms with Crippen molar-refractivity contribution in [3.05, 3.63) is 35.8 Å². The molecular weight excluding hydrogens is 283 g/mol. The first-order valence-corrected chi connectivity index (χ1v) is 8.32. The fraction of sp³-hybridized carbons (Fsp3) is 0.429. The maximum absolute atomic E-state index is 13.1. The van der Waals surface area contributed by atoms with Gasteiger partial charge in [0, 0.05) is 5.39 Å². The Bertz CT molecular complexity index is 735. The van der Waals surface area contributed by atoms with Gasteiger partial charge in [-0.2, -0.15) is 0 Å². The number of aliphatic hydroxyl groups is 1. The van der Waals surface area contributed by atoms with Crippen molar-refractivity contribution in [1.82, 2.24) is 0 Å². The predicted molar refractivity (Wildman–Crippen MR) is 72.5 cm³/mol. The number of hydrogen-bond acceptors (Lipinski definition) is 4. The van der Waals surface area contributed by atoms with Crippen molar-refractivity contribution in [2.45, 2.75) is 18.9 Å². The molecule has 6 heteroatoms. The molecule has 4 nitrogen and oxygen atoms in total. The summed E-state index contributed by atoms with van der Waals surface area (Å²) in [7, 11) is -2.94. The molecular formula is C14H15FO4S. The third-order valence-electron chi connectivity index (χ3n) is 3.71. The summed E-state index contributed by atoms with van der Waals surface area (Å²) in [5, 5.41) is 10.7. The van der Waals surface area contributed by atoms with E-state index in [0.29, 0.717) is 29.6 Å². The Kier molecular flexibility index (Phi) is 3.30. The van der Waals surface area contributed by atoms with Crippen LogP contribution in [0.2, 0.25) is 0 Å². The Hall–Kier alpha value is -1.40. The molecule has 2 unspecified atom stereocenters. The first-order chi connectivity index (χ1) is 9.43. The van der Waals surface area contributed by atoms with Crippen molar-refractivity contribution in [2.75, 3.05) is 11.5 Å². The number of furan rings is 1. The van der Waals surface area contributed by atoms with Crippen molar-refractivity contribution in [3.63, 3.8) is 0 Å². The third-order valence-corrected chi connectivity index (χ3v) is 5.55. The zero-order valence-electron chi connectivity index (χ0n) is 10.8. The zero-order chi connectivity index (χ0) is 14.3. The van der Waals surface area contributed by atoms with Crippen LogP contribution in [0.1, 0.15) is 24.7 Å². The summed E-state index contributed by atoms with van der Waals surface area (Å²) in [6, 6.07) is 5.76. The van der Waals surface area contributed by atoms with Crippen LogP contribution in [0.3, 0.4) is 0 Å². The standard InChI is InChI=1S/C14H15FO4S/c15-11-1-2-13-10(6-11)7-14(19-13)12(16)5-9-3-4-20(17,18)8-9/h1-2,6-7,9,12,16H,3-5,8H2. The topological polar surface area (TPSA) is 67.5 Å². The van der Waals surface area contributed by atoms with Crippen LogP contribution >= 0.6 is 0 Å². The SMILES string of the molecule is O=S1(=O)CCC(CC(O)c2cc3cc(F)ccc3o2)C1. The average molecular weight is 298 g/mol. The highest BCUT2D eigenvalue weighted by Gasteiger charge is 2.30. The Balaban J connectivity index is 1.77. The summed E-state index contributed by atoms with van der Waals surface area (Å²) in [5.74, 6) is 0.269. The molecule has 108 valence electrons. The number of rotatable bonds is 3. The lowest BCUT2D eigenvalue weighted by molar-refractivity contribution is 0.126. The van der Waals surface area contributed by atoms with E-state index in [1.807, 2.05) is 0 Å². The molecule has 0 amide bonds. The Morgan fingerprint density at radius 1 is 1.40 bits per heavy atom. The smallest absolute Gasteiger partial charge is 0.150 e. The monoisotopic (exact) mass is 298 g/mol. The molecule has 1 aromatic heterocycles. The van der Waals surface area contributed by atoms with Crippen LogP contribution in [-0.2, 0) is 9.84 Å². The summed E-state index contributed by atoms with van der Waals surface area (Å²) in [6.45, 7) is 0. The Labute approximate surface area is 116 Å². The summed E-state index contributed by atoms with van der Waals surface area (Å²) >= 11 is 0. The van der Waals surface area contributed by atoms with Crippen LogP contribution in [0, 0.1) is 11.7 Å². The molecule has 20 heavy (non-hydrogen) atoms. The van der Waals surface area contributed by atoms with Gasteiger partial charge in [0.25, 0.3) is 0 Å². The molecule has 3 rings (SSSR count). The van der Waals surface area contributed by atoms with Crippen molar-refractivity contribution in [1.29, 1.82) is 0 Å². The summed E-state index contributed by atoms with van der Waals surface area (Å²) in [5.41, 5.74) is 0.513. The summed E-state index contributed by atoms with van der Waals surface area (Å²) in [6.07, 6.45) is 0.0687. The molecule has 1 saturated heterocycles. The molecule has 0 saturated carbocycles. The van der Waals surface area contributed by atoms with Gasteiger partial charge in [-0.05, 0) is 43.0 Å². The number of fused-ring (bicyclic) bond motifs is 1.